The Hall–Kier alpha value is -1.88. The topological polar surface area (TPSA) is 70.2 Å². The molecule has 2 aromatic rings. The highest BCUT2D eigenvalue weighted by Crippen LogP contribution is 2.30. The van der Waals surface area contributed by atoms with Crippen LogP contribution in [0, 0.1) is 0 Å². The number of aromatic carboxylic acids is 1. The fraction of sp³-hybridized carbons (Fsp3) is 0.333. The van der Waals surface area contributed by atoms with Crippen molar-refractivity contribution in [3.8, 4) is 0 Å². The minimum atomic E-state index is -1.05. The van der Waals surface area contributed by atoms with Gasteiger partial charge in [-0.15, -0.1) is 11.3 Å². The van der Waals surface area contributed by atoms with Gasteiger partial charge in [0, 0.05) is 16.6 Å². The average Bonchev–Trinajstić information content (AvgIpc) is 3.01. The Morgan fingerprint density at radius 3 is 2.70 bits per heavy atom. The van der Waals surface area contributed by atoms with Crippen molar-refractivity contribution in [2.75, 3.05) is 0 Å². The van der Waals surface area contributed by atoms with Gasteiger partial charge in [0.2, 0.25) is 5.78 Å². The second-order valence-electron chi connectivity index (χ2n) is 5.06. The molecule has 20 heavy (non-hydrogen) atoms. The summed E-state index contributed by atoms with van der Waals surface area (Å²) in [7, 11) is 0. The van der Waals surface area contributed by atoms with E-state index in [-0.39, 0.29) is 11.5 Å². The Labute approximate surface area is 120 Å². The molecular formula is C15H15NO3S. The average molecular weight is 289 g/mol. The van der Waals surface area contributed by atoms with Crippen LogP contribution in [0.3, 0.4) is 0 Å². The molecule has 0 saturated carbocycles. The normalized spacial score (nSPS) is 14.6. The zero-order valence-corrected chi connectivity index (χ0v) is 11.8. The van der Waals surface area contributed by atoms with E-state index in [4.69, 9.17) is 5.11 Å². The number of aromatic nitrogens is 1. The van der Waals surface area contributed by atoms with Gasteiger partial charge in [-0.05, 0) is 43.4 Å². The number of carboxylic acid groups (broad SMARTS) is 1. The third-order valence-corrected chi connectivity index (χ3v) is 4.88. The second-order valence-corrected chi connectivity index (χ2v) is 6.19. The number of nitrogens with one attached hydrogen (secondary N) is 1. The molecule has 104 valence electrons. The number of carbonyl (C=O) groups is 2. The van der Waals surface area contributed by atoms with Gasteiger partial charge >= 0.3 is 5.97 Å². The van der Waals surface area contributed by atoms with Gasteiger partial charge < -0.3 is 10.1 Å². The number of carbonyl (C=O) groups excluding carboxylic acids is 1. The van der Waals surface area contributed by atoms with E-state index in [0.717, 1.165) is 12.8 Å². The van der Waals surface area contributed by atoms with Gasteiger partial charge in [0.15, 0.2) is 0 Å². The van der Waals surface area contributed by atoms with Crippen LogP contribution >= 0.6 is 11.3 Å². The monoisotopic (exact) mass is 289 g/mol. The van der Waals surface area contributed by atoms with Crippen LogP contribution in [-0.4, -0.2) is 21.8 Å². The molecule has 0 saturated heterocycles. The molecule has 1 aliphatic rings. The van der Waals surface area contributed by atoms with Crippen LogP contribution < -0.4 is 0 Å². The summed E-state index contributed by atoms with van der Waals surface area (Å²) in [5.41, 5.74) is 1.76. The van der Waals surface area contributed by atoms with Crippen LogP contribution in [0.5, 0.6) is 0 Å². The van der Waals surface area contributed by atoms with Gasteiger partial charge in [0.1, 0.15) is 5.69 Å². The van der Waals surface area contributed by atoms with E-state index in [1.54, 1.807) is 11.3 Å². The number of carboxylic acids is 1. The van der Waals surface area contributed by atoms with Gasteiger partial charge in [0.25, 0.3) is 0 Å². The van der Waals surface area contributed by atoms with Crippen molar-refractivity contribution in [2.45, 2.75) is 32.1 Å². The molecule has 2 N–H and O–H groups in total. The van der Waals surface area contributed by atoms with E-state index >= 15 is 0 Å². The maximum atomic E-state index is 12.4. The molecular weight excluding hydrogens is 274 g/mol. The molecule has 1 aliphatic carbocycles. The summed E-state index contributed by atoms with van der Waals surface area (Å²) in [6.45, 7) is 0. The SMILES string of the molecule is O=C(O)c1cc(C(=O)c2cc3c(s2)CCCCC3)c[nH]1. The summed E-state index contributed by atoms with van der Waals surface area (Å²) in [5.74, 6) is -1.14. The van der Waals surface area contributed by atoms with Crippen molar-refractivity contribution in [3.63, 3.8) is 0 Å². The fourth-order valence-corrected chi connectivity index (χ4v) is 3.79. The molecule has 0 radical (unpaired) electrons. The van der Waals surface area contributed by atoms with Gasteiger partial charge in [-0.1, -0.05) is 6.42 Å². The highest BCUT2D eigenvalue weighted by atomic mass is 32.1. The third-order valence-electron chi connectivity index (χ3n) is 3.65. The highest BCUT2D eigenvalue weighted by molar-refractivity contribution is 7.14. The summed E-state index contributed by atoms with van der Waals surface area (Å²) in [6, 6.07) is 3.39. The molecule has 0 fully saturated rings. The molecule has 0 spiro atoms. The Morgan fingerprint density at radius 1 is 1.15 bits per heavy atom. The van der Waals surface area contributed by atoms with Crippen molar-refractivity contribution in [3.05, 3.63) is 44.9 Å². The first-order valence-corrected chi connectivity index (χ1v) is 7.55. The Morgan fingerprint density at radius 2 is 1.95 bits per heavy atom. The smallest absolute Gasteiger partial charge is 0.352 e. The molecule has 5 heteroatoms. The lowest BCUT2D eigenvalue weighted by Crippen LogP contribution is -1.97. The van der Waals surface area contributed by atoms with E-state index in [1.165, 1.54) is 42.0 Å². The van der Waals surface area contributed by atoms with Crippen LogP contribution in [0.1, 0.15) is 55.4 Å². The van der Waals surface area contributed by atoms with Crippen molar-refractivity contribution in [1.82, 2.24) is 4.98 Å². The first-order valence-electron chi connectivity index (χ1n) is 6.73. The quantitative estimate of drug-likeness (QED) is 0.673. The lowest BCUT2D eigenvalue weighted by Gasteiger charge is -1.94. The number of rotatable bonds is 3. The van der Waals surface area contributed by atoms with Gasteiger partial charge in [-0.25, -0.2) is 4.79 Å². The highest BCUT2D eigenvalue weighted by Gasteiger charge is 2.19. The number of aromatic amines is 1. The summed E-state index contributed by atoms with van der Waals surface area (Å²) >= 11 is 1.56. The van der Waals surface area contributed by atoms with Crippen LogP contribution in [0.4, 0.5) is 0 Å². The molecule has 0 aliphatic heterocycles. The lowest BCUT2D eigenvalue weighted by molar-refractivity contribution is 0.0691. The van der Waals surface area contributed by atoms with Crippen molar-refractivity contribution in [2.24, 2.45) is 0 Å². The first kappa shape index (κ1) is 13.1. The van der Waals surface area contributed by atoms with Crippen molar-refractivity contribution < 1.29 is 14.7 Å². The van der Waals surface area contributed by atoms with Crippen molar-refractivity contribution in [1.29, 1.82) is 0 Å². The van der Waals surface area contributed by atoms with Crippen LogP contribution in [-0.2, 0) is 12.8 Å². The molecule has 0 unspecified atom stereocenters. The molecule has 4 nitrogen and oxygen atoms in total. The standard InChI is InChI=1S/C15H15NO3S/c17-14(10-6-11(15(18)19)16-8-10)13-7-9-4-2-1-3-5-12(9)20-13/h6-8,16H,1-5H2,(H,18,19). The number of ketones is 1. The van der Waals surface area contributed by atoms with Crippen LogP contribution in [0.25, 0.3) is 0 Å². The minimum Gasteiger partial charge on any atom is -0.477 e. The number of hydrogen-bond acceptors (Lipinski definition) is 3. The Balaban J connectivity index is 1.88. The number of H-pyrrole nitrogens is 1. The maximum Gasteiger partial charge on any atom is 0.352 e. The minimum absolute atomic E-state index is 0.0477. The first-order chi connectivity index (χ1) is 9.65. The zero-order valence-electron chi connectivity index (χ0n) is 10.9. The number of thiophene rings is 1. The van der Waals surface area contributed by atoms with Gasteiger partial charge in [0.05, 0.1) is 4.88 Å². The van der Waals surface area contributed by atoms with E-state index < -0.39 is 5.97 Å². The maximum absolute atomic E-state index is 12.4. The molecule has 0 atom stereocenters. The molecule has 2 aromatic heterocycles. The van der Waals surface area contributed by atoms with Crippen LogP contribution in [0.2, 0.25) is 0 Å². The lowest BCUT2D eigenvalue weighted by atomic mass is 10.1. The summed E-state index contributed by atoms with van der Waals surface area (Å²) in [6.07, 6.45) is 7.20. The molecule has 0 amide bonds. The predicted octanol–water partition coefficient (Wildman–Crippen LogP) is 3.27. The second kappa shape index (κ2) is 5.25. The number of hydrogen-bond donors (Lipinski definition) is 2. The number of aryl methyl sites for hydroxylation is 2. The van der Waals surface area contributed by atoms with E-state index in [1.807, 2.05) is 6.07 Å². The fourth-order valence-electron chi connectivity index (χ4n) is 2.57. The number of fused-ring (bicyclic) bond motifs is 1. The molecule has 3 rings (SSSR count). The van der Waals surface area contributed by atoms with Gasteiger partial charge in [-0.3, -0.25) is 4.79 Å². The summed E-state index contributed by atoms with van der Waals surface area (Å²) < 4.78 is 0. The predicted molar refractivity (Wildman–Crippen MR) is 76.8 cm³/mol. The zero-order chi connectivity index (χ0) is 14.1. The summed E-state index contributed by atoms with van der Waals surface area (Å²) in [4.78, 5) is 27.9. The largest absolute Gasteiger partial charge is 0.477 e. The van der Waals surface area contributed by atoms with Crippen molar-refractivity contribution >= 4 is 23.1 Å². The Bertz CT molecular complexity index is 645. The van der Waals surface area contributed by atoms with E-state index in [9.17, 15) is 9.59 Å². The third kappa shape index (κ3) is 2.41. The summed E-state index contributed by atoms with van der Waals surface area (Å²) in [5, 5.41) is 8.87. The van der Waals surface area contributed by atoms with E-state index in [0.29, 0.717) is 10.4 Å². The van der Waals surface area contributed by atoms with E-state index in [2.05, 4.69) is 4.98 Å². The molecule has 0 bridgehead atoms. The van der Waals surface area contributed by atoms with Gasteiger partial charge in [-0.2, -0.15) is 0 Å². The Kier molecular flexibility index (Phi) is 3.44. The van der Waals surface area contributed by atoms with Crippen LogP contribution in [0.15, 0.2) is 18.3 Å². The molecule has 2 heterocycles. The molecule has 0 aromatic carbocycles.